The largest absolute Gasteiger partial charge is 0.359 e. The maximum Gasteiger partial charge on any atom is 0.154 e. The van der Waals surface area contributed by atoms with Crippen LogP contribution in [0.2, 0.25) is 10.0 Å². The summed E-state index contributed by atoms with van der Waals surface area (Å²) in [6.07, 6.45) is 0. The Hall–Kier alpha value is -1.03. The summed E-state index contributed by atoms with van der Waals surface area (Å²) in [4.78, 5) is 0. The van der Waals surface area contributed by atoms with E-state index in [1.165, 1.54) is 0 Å². The molecule has 2 N–H and O–H groups in total. The summed E-state index contributed by atoms with van der Waals surface area (Å²) in [6, 6.07) is 7.03. The predicted molar refractivity (Wildman–Crippen MR) is 73.7 cm³/mol. The van der Waals surface area contributed by atoms with Gasteiger partial charge in [-0.15, -0.1) is 0 Å². The van der Waals surface area contributed by atoms with Gasteiger partial charge in [0.25, 0.3) is 0 Å². The predicted octanol–water partition coefficient (Wildman–Crippen LogP) is 4.30. The van der Waals surface area contributed by atoms with Crippen LogP contribution >= 0.6 is 23.2 Å². The van der Waals surface area contributed by atoms with Crippen LogP contribution in [0.15, 0.2) is 28.8 Å². The molecule has 18 heavy (non-hydrogen) atoms. The van der Waals surface area contributed by atoms with Gasteiger partial charge in [0, 0.05) is 11.6 Å². The van der Waals surface area contributed by atoms with E-state index >= 15 is 0 Å². The summed E-state index contributed by atoms with van der Waals surface area (Å²) in [5.41, 5.74) is 7.40. The Bertz CT molecular complexity index is 552. The van der Waals surface area contributed by atoms with Crippen molar-refractivity contribution in [3.63, 3.8) is 0 Å². The molecule has 0 saturated carbocycles. The van der Waals surface area contributed by atoms with E-state index < -0.39 is 0 Å². The van der Waals surface area contributed by atoms with Crippen molar-refractivity contribution < 1.29 is 4.52 Å². The monoisotopic (exact) mass is 284 g/mol. The number of benzene rings is 1. The molecule has 3 nitrogen and oxygen atoms in total. The Morgan fingerprint density at radius 2 is 2.00 bits per heavy atom. The van der Waals surface area contributed by atoms with E-state index in [0.29, 0.717) is 21.5 Å². The number of halogens is 2. The summed E-state index contributed by atoms with van der Waals surface area (Å²) in [5.74, 6) is 0.927. The molecule has 1 unspecified atom stereocenters. The molecule has 5 heteroatoms. The van der Waals surface area contributed by atoms with Crippen molar-refractivity contribution in [1.82, 2.24) is 5.16 Å². The fourth-order valence-corrected chi connectivity index (χ4v) is 2.00. The summed E-state index contributed by atoms with van der Waals surface area (Å²) in [5, 5.41) is 4.96. The molecule has 0 fully saturated rings. The van der Waals surface area contributed by atoms with Crippen molar-refractivity contribution in [1.29, 1.82) is 0 Å². The molecule has 0 aliphatic rings. The van der Waals surface area contributed by atoms with Crippen LogP contribution in [-0.4, -0.2) is 5.16 Å². The summed E-state index contributed by atoms with van der Waals surface area (Å²) < 4.78 is 5.26. The Balaban J connectivity index is 2.38. The topological polar surface area (TPSA) is 52.0 Å². The van der Waals surface area contributed by atoms with Crippen LogP contribution in [0.25, 0.3) is 11.3 Å². The van der Waals surface area contributed by atoms with E-state index in [9.17, 15) is 0 Å². The molecule has 0 radical (unpaired) electrons. The van der Waals surface area contributed by atoms with Gasteiger partial charge in [0.05, 0.1) is 16.1 Å². The first-order valence-corrected chi connectivity index (χ1v) is 6.43. The lowest BCUT2D eigenvalue weighted by atomic mass is 10.0. The third-order valence-corrected chi connectivity index (χ3v) is 3.62. The maximum atomic E-state index is 6.13. The zero-order valence-corrected chi connectivity index (χ0v) is 11.7. The molecule has 0 spiro atoms. The number of aromatic nitrogens is 1. The lowest BCUT2D eigenvalue weighted by molar-refractivity contribution is 0.333. The number of rotatable bonds is 3. The standard InChI is InChI=1S/C13H14Cl2N2O/c1-7(2)13(16)11-6-10(17-18-11)8-4-3-5-9(14)12(8)15/h3-7,13H,16H2,1-2H3. The van der Waals surface area contributed by atoms with Gasteiger partial charge >= 0.3 is 0 Å². The highest BCUT2D eigenvalue weighted by Gasteiger charge is 2.18. The van der Waals surface area contributed by atoms with Crippen molar-refractivity contribution in [2.24, 2.45) is 11.7 Å². The second kappa shape index (κ2) is 5.31. The molecule has 0 bridgehead atoms. The van der Waals surface area contributed by atoms with Gasteiger partial charge in [-0.3, -0.25) is 0 Å². The minimum Gasteiger partial charge on any atom is -0.359 e. The number of nitrogens with two attached hydrogens (primary N) is 1. The molecule has 0 aliphatic heterocycles. The molecule has 1 aromatic carbocycles. The molecule has 96 valence electrons. The third kappa shape index (κ3) is 2.53. The van der Waals surface area contributed by atoms with Crippen LogP contribution < -0.4 is 5.73 Å². The molecule has 1 heterocycles. The summed E-state index contributed by atoms with van der Waals surface area (Å²) in [6.45, 7) is 4.05. The number of nitrogens with zero attached hydrogens (tertiary/aromatic N) is 1. The molecule has 1 aromatic heterocycles. The van der Waals surface area contributed by atoms with E-state index in [1.807, 2.05) is 32.0 Å². The lowest BCUT2D eigenvalue weighted by Gasteiger charge is -2.10. The van der Waals surface area contributed by atoms with E-state index in [2.05, 4.69) is 5.16 Å². The van der Waals surface area contributed by atoms with Gasteiger partial charge in [-0.05, 0) is 12.0 Å². The van der Waals surface area contributed by atoms with Crippen LogP contribution in [-0.2, 0) is 0 Å². The molecule has 0 amide bonds. The van der Waals surface area contributed by atoms with Crippen LogP contribution in [0.4, 0.5) is 0 Å². The minimum absolute atomic E-state index is 0.177. The van der Waals surface area contributed by atoms with Crippen LogP contribution in [0, 0.1) is 5.92 Å². The van der Waals surface area contributed by atoms with Crippen molar-refractivity contribution in [3.05, 3.63) is 40.1 Å². The maximum absolute atomic E-state index is 6.13. The van der Waals surface area contributed by atoms with Gasteiger partial charge in [0.2, 0.25) is 0 Å². The van der Waals surface area contributed by atoms with E-state index in [1.54, 1.807) is 6.07 Å². The molecule has 2 rings (SSSR count). The van der Waals surface area contributed by atoms with Crippen molar-refractivity contribution in [2.75, 3.05) is 0 Å². The summed E-state index contributed by atoms with van der Waals surface area (Å²) in [7, 11) is 0. The second-order valence-electron chi connectivity index (χ2n) is 4.49. The zero-order valence-electron chi connectivity index (χ0n) is 10.2. The Morgan fingerprint density at radius 3 is 2.67 bits per heavy atom. The van der Waals surface area contributed by atoms with Gasteiger partial charge in [-0.2, -0.15) is 0 Å². The highest BCUT2D eigenvalue weighted by molar-refractivity contribution is 6.43. The second-order valence-corrected chi connectivity index (χ2v) is 5.27. The average Bonchev–Trinajstić information content (AvgIpc) is 2.80. The quantitative estimate of drug-likeness (QED) is 0.914. The normalized spacial score (nSPS) is 13.0. The van der Waals surface area contributed by atoms with Crippen LogP contribution in [0.1, 0.15) is 25.6 Å². The highest BCUT2D eigenvalue weighted by Crippen LogP contribution is 2.34. The molecule has 0 aliphatic carbocycles. The van der Waals surface area contributed by atoms with Gasteiger partial charge in [-0.25, -0.2) is 0 Å². The van der Waals surface area contributed by atoms with Crippen molar-refractivity contribution >= 4 is 23.2 Å². The Morgan fingerprint density at radius 1 is 1.28 bits per heavy atom. The van der Waals surface area contributed by atoms with E-state index in [4.69, 9.17) is 33.5 Å². The fraction of sp³-hybridized carbons (Fsp3) is 0.308. The first kappa shape index (κ1) is 13.4. The zero-order chi connectivity index (χ0) is 13.3. The highest BCUT2D eigenvalue weighted by atomic mass is 35.5. The average molecular weight is 285 g/mol. The third-order valence-electron chi connectivity index (χ3n) is 2.80. The SMILES string of the molecule is CC(C)C(N)c1cc(-c2cccc(Cl)c2Cl)no1. The molecule has 1 atom stereocenters. The van der Waals surface area contributed by atoms with Gasteiger partial charge < -0.3 is 10.3 Å². The van der Waals surface area contributed by atoms with Crippen LogP contribution in [0.5, 0.6) is 0 Å². The van der Waals surface area contributed by atoms with Gasteiger partial charge in [-0.1, -0.05) is 54.3 Å². The first-order chi connectivity index (χ1) is 8.50. The Kier molecular flexibility index (Phi) is 3.95. The van der Waals surface area contributed by atoms with Gasteiger partial charge in [0.15, 0.2) is 5.76 Å². The number of hydrogen-bond donors (Lipinski definition) is 1. The molecule has 0 saturated heterocycles. The minimum atomic E-state index is -0.177. The molecule has 2 aromatic rings. The fourth-order valence-electron chi connectivity index (χ4n) is 1.60. The van der Waals surface area contributed by atoms with E-state index in [0.717, 1.165) is 5.56 Å². The van der Waals surface area contributed by atoms with Gasteiger partial charge in [0.1, 0.15) is 5.69 Å². The smallest absolute Gasteiger partial charge is 0.154 e. The first-order valence-electron chi connectivity index (χ1n) is 5.67. The van der Waals surface area contributed by atoms with E-state index in [-0.39, 0.29) is 12.0 Å². The molecular formula is C13H14Cl2N2O. The Labute approximate surface area is 116 Å². The number of hydrogen-bond acceptors (Lipinski definition) is 3. The summed E-state index contributed by atoms with van der Waals surface area (Å²) >= 11 is 12.1. The van der Waals surface area contributed by atoms with Crippen LogP contribution in [0.3, 0.4) is 0 Å². The van der Waals surface area contributed by atoms with Crippen molar-refractivity contribution in [2.45, 2.75) is 19.9 Å². The molecular weight excluding hydrogens is 271 g/mol. The lowest BCUT2D eigenvalue weighted by Crippen LogP contribution is -2.15. The van der Waals surface area contributed by atoms with Crippen molar-refractivity contribution in [3.8, 4) is 11.3 Å².